The van der Waals surface area contributed by atoms with Crippen LogP contribution in [0.2, 0.25) is 5.02 Å². The maximum absolute atomic E-state index is 6.21. The molecule has 104 valence electrons. The van der Waals surface area contributed by atoms with Gasteiger partial charge in [0.2, 0.25) is 5.89 Å². The van der Waals surface area contributed by atoms with Crippen molar-refractivity contribution in [2.24, 2.45) is 0 Å². The number of fused-ring (bicyclic) bond motifs is 1. The normalized spacial score (nSPS) is 13.0. The average Bonchev–Trinajstić information content (AvgIpc) is 2.94. The molecule has 5 nitrogen and oxygen atoms in total. The first-order chi connectivity index (χ1) is 9.54. The van der Waals surface area contributed by atoms with Crippen molar-refractivity contribution in [3.8, 4) is 0 Å². The molecular formula is C13H12Cl2N4O. The number of alkyl halides is 1. The quantitative estimate of drug-likeness (QED) is 0.692. The Balaban J connectivity index is 2.13. The van der Waals surface area contributed by atoms with Crippen LogP contribution in [0, 0.1) is 6.92 Å². The minimum Gasteiger partial charge on any atom is -0.337 e. The molecule has 0 aliphatic carbocycles. The van der Waals surface area contributed by atoms with Crippen LogP contribution in [0.1, 0.15) is 29.8 Å². The van der Waals surface area contributed by atoms with Crippen LogP contribution < -0.4 is 0 Å². The topological polar surface area (TPSA) is 56.7 Å². The molecule has 0 amide bonds. The van der Waals surface area contributed by atoms with Crippen molar-refractivity contribution in [2.75, 3.05) is 0 Å². The molecule has 3 rings (SSSR count). The highest BCUT2D eigenvalue weighted by molar-refractivity contribution is 6.31. The number of hydrogen-bond acceptors (Lipinski definition) is 4. The molecule has 0 spiro atoms. The Kier molecular flexibility index (Phi) is 3.40. The molecule has 0 fully saturated rings. The van der Waals surface area contributed by atoms with Gasteiger partial charge in [0.1, 0.15) is 12.4 Å². The van der Waals surface area contributed by atoms with Crippen LogP contribution in [0.15, 0.2) is 22.7 Å². The Morgan fingerprint density at radius 1 is 1.35 bits per heavy atom. The van der Waals surface area contributed by atoms with E-state index in [1.807, 2.05) is 29.7 Å². The average molecular weight is 311 g/mol. The van der Waals surface area contributed by atoms with Gasteiger partial charge >= 0.3 is 0 Å². The Hall–Kier alpha value is -1.59. The first-order valence-electron chi connectivity index (χ1n) is 6.13. The fraction of sp³-hybridized carbons (Fsp3) is 0.308. The van der Waals surface area contributed by atoms with Crippen LogP contribution in [0.5, 0.6) is 0 Å². The third kappa shape index (κ3) is 2.39. The highest BCUT2D eigenvalue weighted by Crippen LogP contribution is 2.27. The van der Waals surface area contributed by atoms with Crippen LogP contribution in [0.3, 0.4) is 0 Å². The van der Waals surface area contributed by atoms with Gasteiger partial charge in [-0.05, 0) is 32.0 Å². The van der Waals surface area contributed by atoms with Gasteiger partial charge < -0.3 is 9.09 Å². The van der Waals surface area contributed by atoms with E-state index >= 15 is 0 Å². The third-order valence-electron chi connectivity index (χ3n) is 2.96. The van der Waals surface area contributed by atoms with Crippen molar-refractivity contribution < 1.29 is 4.52 Å². The van der Waals surface area contributed by atoms with Gasteiger partial charge in [0, 0.05) is 5.02 Å². The minimum atomic E-state index is -0.231. The van der Waals surface area contributed by atoms with E-state index in [4.69, 9.17) is 27.7 Å². The highest BCUT2D eigenvalue weighted by Gasteiger charge is 2.17. The molecule has 2 aromatic heterocycles. The van der Waals surface area contributed by atoms with Crippen LogP contribution in [-0.2, 0) is 6.54 Å². The molecule has 1 aromatic carbocycles. The Morgan fingerprint density at radius 2 is 2.15 bits per heavy atom. The largest absolute Gasteiger partial charge is 0.337 e. The molecule has 0 bridgehead atoms. The number of nitrogens with zero attached hydrogens (tertiary/aromatic N) is 4. The number of rotatable bonds is 3. The lowest BCUT2D eigenvalue weighted by Crippen LogP contribution is -2.06. The summed E-state index contributed by atoms with van der Waals surface area (Å²) in [6.45, 7) is 4.09. The summed E-state index contributed by atoms with van der Waals surface area (Å²) in [7, 11) is 0. The summed E-state index contributed by atoms with van der Waals surface area (Å²) >= 11 is 12.2. The minimum absolute atomic E-state index is 0.231. The summed E-state index contributed by atoms with van der Waals surface area (Å²) in [6.07, 6.45) is 0. The number of imidazole rings is 1. The molecule has 2 heterocycles. The van der Waals surface area contributed by atoms with Crippen LogP contribution in [0.4, 0.5) is 0 Å². The van der Waals surface area contributed by atoms with Crippen LogP contribution in [-0.4, -0.2) is 19.7 Å². The zero-order chi connectivity index (χ0) is 14.3. The van der Waals surface area contributed by atoms with Gasteiger partial charge in [-0.15, -0.1) is 11.6 Å². The molecule has 0 aliphatic rings. The van der Waals surface area contributed by atoms with E-state index in [0.29, 0.717) is 23.3 Å². The third-order valence-corrected chi connectivity index (χ3v) is 3.39. The summed E-state index contributed by atoms with van der Waals surface area (Å²) < 4.78 is 7.13. The molecule has 0 aliphatic heterocycles. The van der Waals surface area contributed by atoms with E-state index in [-0.39, 0.29) is 5.38 Å². The second-order valence-electron chi connectivity index (χ2n) is 4.54. The monoisotopic (exact) mass is 310 g/mol. The zero-order valence-electron chi connectivity index (χ0n) is 11.0. The maximum Gasteiger partial charge on any atom is 0.246 e. The molecule has 20 heavy (non-hydrogen) atoms. The summed E-state index contributed by atoms with van der Waals surface area (Å²) in [5, 5.41) is 4.20. The number of benzene rings is 1. The molecule has 0 N–H and O–H groups in total. The first-order valence-corrected chi connectivity index (χ1v) is 6.95. The molecule has 1 atom stereocenters. The van der Waals surface area contributed by atoms with E-state index in [0.717, 1.165) is 16.9 Å². The van der Waals surface area contributed by atoms with Gasteiger partial charge in [0.15, 0.2) is 5.82 Å². The summed E-state index contributed by atoms with van der Waals surface area (Å²) in [4.78, 5) is 8.75. The predicted octanol–water partition coefficient (Wildman–Crippen LogP) is 3.73. The Labute approximate surface area is 125 Å². The Morgan fingerprint density at radius 3 is 2.80 bits per heavy atom. The van der Waals surface area contributed by atoms with Crippen molar-refractivity contribution in [3.05, 3.63) is 40.8 Å². The molecule has 0 radical (unpaired) electrons. The number of aryl methyl sites for hydroxylation is 1. The van der Waals surface area contributed by atoms with E-state index < -0.39 is 0 Å². The number of halogens is 2. The zero-order valence-corrected chi connectivity index (χ0v) is 12.5. The van der Waals surface area contributed by atoms with Crippen LogP contribution in [0.25, 0.3) is 11.0 Å². The predicted molar refractivity (Wildman–Crippen MR) is 77.1 cm³/mol. The van der Waals surface area contributed by atoms with Gasteiger partial charge in [-0.2, -0.15) is 4.98 Å². The second kappa shape index (κ2) is 5.07. The van der Waals surface area contributed by atoms with Crippen molar-refractivity contribution in [1.82, 2.24) is 19.7 Å². The number of hydrogen-bond donors (Lipinski definition) is 0. The van der Waals surface area contributed by atoms with Gasteiger partial charge in [-0.25, -0.2) is 4.98 Å². The Bertz CT molecular complexity index is 763. The second-order valence-corrected chi connectivity index (χ2v) is 5.63. The van der Waals surface area contributed by atoms with Crippen LogP contribution >= 0.6 is 23.2 Å². The number of aromatic nitrogens is 4. The van der Waals surface area contributed by atoms with E-state index in [1.165, 1.54) is 0 Å². The maximum atomic E-state index is 6.21. The SMILES string of the molecule is Cc1noc(Cn2c(C(C)Cl)nc3cc(Cl)ccc32)n1. The molecule has 0 saturated heterocycles. The summed E-state index contributed by atoms with van der Waals surface area (Å²) in [6, 6.07) is 5.55. The molecule has 0 saturated carbocycles. The van der Waals surface area contributed by atoms with E-state index in [2.05, 4.69) is 15.1 Å². The smallest absolute Gasteiger partial charge is 0.246 e. The molecule has 3 aromatic rings. The van der Waals surface area contributed by atoms with Crippen molar-refractivity contribution in [3.63, 3.8) is 0 Å². The standard InChI is InChI=1S/C13H12Cl2N4O/c1-7(14)13-17-10-5-9(15)3-4-11(10)19(13)6-12-16-8(2)18-20-12/h3-5,7H,6H2,1-2H3. The van der Waals surface area contributed by atoms with Crippen molar-refractivity contribution >= 4 is 34.2 Å². The van der Waals surface area contributed by atoms with Gasteiger partial charge in [-0.3, -0.25) is 0 Å². The fourth-order valence-electron chi connectivity index (χ4n) is 2.13. The van der Waals surface area contributed by atoms with E-state index in [1.54, 1.807) is 6.92 Å². The van der Waals surface area contributed by atoms with Gasteiger partial charge in [-0.1, -0.05) is 16.8 Å². The lowest BCUT2D eigenvalue weighted by atomic mass is 10.3. The highest BCUT2D eigenvalue weighted by atomic mass is 35.5. The van der Waals surface area contributed by atoms with E-state index in [9.17, 15) is 0 Å². The lowest BCUT2D eigenvalue weighted by molar-refractivity contribution is 0.367. The van der Waals surface area contributed by atoms with Crippen molar-refractivity contribution in [2.45, 2.75) is 25.8 Å². The molecular weight excluding hydrogens is 299 g/mol. The molecule has 7 heteroatoms. The van der Waals surface area contributed by atoms with Crippen molar-refractivity contribution in [1.29, 1.82) is 0 Å². The first kappa shape index (κ1) is 13.4. The van der Waals surface area contributed by atoms with Gasteiger partial charge in [0.05, 0.1) is 16.4 Å². The van der Waals surface area contributed by atoms with Gasteiger partial charge in [0.25, 0.3) is 0 Å². The fourth-order valence-corrected chi connectivity index (χ4v) is 2.46. The summed E-state index contributed by atoms with van der Waals surface area (Å²) in [5.74, 6) is 1.88. The molecule has 1 unspecified atom stereocenters. The summed E-state index contributed by atoms with van der Waals surface area (Å²) in [5.41, 5.74) is 1.74. The lowest BCUT2D eigenvalue weighted by Gasteiger charge is -2.07.